The first-order valence-corrected chi connectivity index (χ1v) is 8.72. The van der Waals surface area contributed by atoms with Crippen LogP contribution in [0.4, 0.5) is 0 Å². The third-order valence-electron chi connectivity index (χ3n) is 6.22. The number of hydrogen-bond acceptors (Lipinski definition) is 3. The van der Waals surface area contributed by atoms with Crippen LogP contribution in [-0.4, -0.2) is 53.4 Å². The highest BCUT2D eigenvalue weighted by atomic mass is 79.9. The first-order valence-electron chi connectivity index (χ1n) is 8.72. The molecule has 3 rings (SSSR count). The third kappa shape index (κ3) is 3.02. The fourth-order valence-electron chi connectivity index (χ4n) is 4.60. The fourth-order valence-corrected chi connectivity index (χ4v) is 4.60. The van der Waals surface area contributed by atoms with Crippen LogP contribution in [0.15, 0.2) is 30.3 Å². The van der Waals surface area contributed by atoms with E-state index in [1.54, 1.807) is 0 Å². The highest BCUT2D eigenvalue weighted by molar-refractivity contribution is 8.93. The van der Waals surface area contributed by atoms with Crippen molar-refractivity contribution in [3.8, 4) is 0 Å². The van der Waals surface area contributed by atoms with E-state index in [0.717, 1.165) is 22.9 Å². The minimum atomic E-state index is -0.574. The fraction of sp³-hybridized carbons (Fsp3) is 0.632. The number of aliphatic hydroxyl groups excluding tert-OH is 1. The summed E-state index contributed by atoms with van der Waals surface area (Å²) in [5.41, 5.74) is 0.825. The van der Waals surface area contributed by atoms with E-state index < -0.39 is 5.92 Å². The standard InChI is InChI=1S/C19H28NO3.BrH/c1-13(2)20(3)16-10-7-11-17(20)18(16)23-19(22)15(12-21)14-8-5-4-6-9-14;/h4-6,8-9,13,15-18,21H,7,10-12H2,1-3H3;1H/q+1;. The van der Waals surface area contributed by atoms with Crippen molar-refractivity contribution in [1.29, 1.82) is 0 Å². The molecule has 1 aromatic rings. The number of benzene rings is 1. The number of nitrogens with zero attached hydrogens (tertiary/aromatic N) is 1. The van der Waals surface area contributed by atoms with E-state index in [0.29, 0.717) is 18.1 Å². The topological polar surface area (TPSA) is 46.5 Å². The molecule has 134 valence electrons. The molecule has 2 bridgehead atoms. The Morgan fingerprint density at radius 2 is 1.83 bits per heavy atom. The second kappa shape index (κ2) is 7.54. The zero-order valence-electron chi connectivity index (χ0n) is 14.7. The molecule has 3 unspecified atom stereocenters. The van der Waals surface area contributed by atoms with E-state index in [4.69, 9.17) is 4.74 Å². The largest absolute Gasteiger partial charge is 0.449 e. The highest BCUT2D eigenvalue weighted by Gasteiger charge is 2.65. The van der Waals surface area contributed by atoms with Crippen LogP contribution in [0.25, 0.3) is 0 Å². The number of piperidine rings is 1. The summed E-state index contributed by atoms with van der Waals surface area (Å²) in [5, 5.41) is 9.64. The van der Waals surface area contributed by atoms with Gasteiger partial charge in [0.1, 0.15) is 18.0 Å². The number of carbonyl (C=O) groups excluding carboxylic acids is 1. The van der Waals surface area contributed by atoms with Crippen molar-refractivity contribution in [1.82, 2.24) is 0 Å². The first kappa shape index (κ1) is 19.4. The van der Waals surface area contributed by atoms with Gasteiger partial charge in [0, 0.05) is 12.8 Å². The molecule has 1 N–H and O–H groups in total. The van der Waals surface area contributed by atoms with Gasteiger partial charge in [-0.05, 0) is 25.8 Å². The van der Waals surface area contributed by atoms with E-state index in [-0.39, 0.29) is 35.7 Å². The molecule has 2 aliphatic heterocycles. The van der Waals surface area contributed by atoms with E-state index >= 15 is 0 Å². The average molecular weight is 399 g/mol. The molecule has 4 nitrogen and oxygen atoms in total. The van der Waals surface area contributed by atoms with Crippen molar-refractivity contribution in [3.05, 3.63) is 35.9 Å². The summed E-state index contributed by atoms with van der Waals surface area (Å²) in [6.07, 6.45) is 3.49. The Morgan fingerprint density at radius 1 is 1.25 bits per heavy atom. The Bertz CT molecular complexity index is 551. The van der Waals surface area contributed by atoms with Gasteiger partial charge >= 0.3 is 5.97 Å². The maximum absolute atomic E-state index is 12.6. The third-order valence-corrected chi connectivity index (χ3v) is 6.22. The quantitative estimate of drug-likeness (QED) is 0.612. The summed E-state index contributed by atoms with van der Waals surface area (Å²) in [6, 6.07) is 10.8. The van der Waals surface area contributed by atoms with Gasteiger partial charge in [-0.15, -0.1) is 17.0 Å². The lowest BCUT2D eigenvalue weighted by atomic mass is 9.72. The Morgan fingerprint density at radius 3 is 2.33 bits per heavy atom. The van der Waals surface area contributed by atoms with Crippen LogP contribution < -0.4 is 0 Å². The summed E-state index contributed by atoms with van der Waals surface area (Å²) in [4.78, 5) is 12.6. The number of quaternary nitrogens is 1. The molecule has 5 heteroatoms. The van der Waals surface area contributed by atoms with Gasteiger partial charge in [0.2, 0.25) is 6.10 Å². The monoisotopic (exact) mass is 398 g/mol. The average Bonchev–Trinajstić information content (AvgIpc) is 2.57. The van der Waals surface area contributed by atoms with Crippen LogP contribution >= 0.6 is 17.0 Å². The van der Waals surface area contributed by atoms with Gasteiger partial charge in [0.05, 0.1) is 19.7 Å². The molecule has 0 amide bonds. The zero-order valence-corrected chi connectivity index (χ0v) is 16.4. The van der Waals surface area contributed by atoms with Gasteiger partial charge in [-0.2, -0.15) is 0 Å². The number of hydrogen-bond donors (Lipinski definition) is 1. The van der Waals surface area contributed by atoms with Gasteiger partial charge in [-0.1, -0.05) is 30.3 Å². The highest BCUT2D eigenvalue weighted by Crippen LogP contribution is 2.48. The number of likely N-dealkylation sites (N-methyl/N-ethyl adjacent to an activating group) is 1. The predicted octanol–water partition coefficient (Wildman–Crippen LogP) is 3.04. The molecule has 1 aromatic carbocycles. The molecule has 24 heavy (non-hydrogen) atoms. The van der Waals surface area contributed by atoms with Crippen molar-refractivity contribution in [2.24, 2.45) is 0 Å². The molecule has 2 fully saturated rings. The summed E-state index contributed by atoms with van der Waals surface area (Å²) >= 11 is 0. The smallest absolute Gasteiger partial charge is 0.316 e. The maximum Gasteiger partial charge on any atom is 0.316 e. The van der Waals surface area contributed by atoms with Crippen LogP contribution in [0.3, 0.4) is 0 Å². The molecule has 2 heterocycles. The summed E-state index contributed by atoms with van der Waals surface area (Å²) in [5.74, 6) is -0.856. The van der Waals surface area contributed by atoms with E-state index in [2.05, 4.69) is 20.9 Å². The normalized spacial score (nSPS) is 32.5. The second-order valence-electron chi connectivity index (χ2n) is 7.43. The lowest BCUT2D eigenvalue weighted by Gasteiger charge is -2.65. The molecule has 2 saturated heterocycles. The number of aliphatic hydroxyl groups is 1. The van der Waals surface area contributed by atoms with Crippen molar-refractivity contribution >= 4 is 23.0 Å². The van der Waals surface area contributed by atoms with Gasteiger partial charge < -0.3 is 14.3 Å². The molecule has 3 atom stereocenters. The molecule has 2 aliphatic rings. The molecule has 0 saturated carbocycles. The first-order chi connectivity index (χ1) is 11.0. The SMILES string of the molecule is Br.CC(C)[N+]1(C)C2CCCC1C2OC(=O)C(CO)c1ccccc1. The van der Waals surface area contributed by atoms with Gasteiger partial charge in [-0.25, -0.2) is 0 Å². The van der Waals surface area contributed by atoms with Crippen molar-refractivity contribution in [2.45, 2.75) is 63.3 Å². The number of halogens is 1. The summed E-state index contributed by atoms with van der Waals surface area (Å²) in [7, 11) is 2.30. The summed E-state index contributed by atoms with van der Waals surface area (Å²) < 4.78 is 6.91. The lowest BCUT2D eigenvalue weighted by Crippen LogP contribution is -2.82. The molecular weight excluding hydrogens is 370 g/mol. The van der Waals surface area contributed by atoms with Crippen LogP contribution in [0.1, 0.15) is 44.6 Å². The summed E-state index contributed by atoms with van der Waals surface area (Å²) in [6.45, 7) is 4.30. The van der Waals surface area contributed by atoms with Gasteiger partial charge in [0.25, 0.3) is 0 Å². The van der Waals surface area contributed by atoms with Crippen molar-refractivity contribution < 1.29 is 19.1 Å². The minimum Gasteiger partial charge on any atom is -0.449 e. The maximum atomic E-state index is 12.6. The van der Waals surface area contributed by atoms with Crippen molar-refractivity contribution in [3.63, 3.8) is 0 Å². The number of carbonyl (C=O) groups is 1. The van der Waals surface area contributed by atoms with E-state index in [1.807, 2.05) is 30.3 Å². The molecular formula is C19H29BrNO3+. The van der Waals surface area contributed by atoms with Gasteiger partial charge in [-0.3, -0.25) is 4.79 Å². The number of rotatable bonds is 5. The second-order valence-corrected chi connectivity index (χ2v) is 7.43. The van der Waals surface area contributed by atoms with Crippen LogP contribution in [0, 0.1) is 0 Å². The van der Waals surface area contributed by atoms with Crippen LogP contribution in [-0.2, 0) is 9.53 Å². The Hall–Kier alpha value is -0.910. The number of esters is 1. The minimum absolute atomic E-state index is 0. The lowest BCUT2D eigenvalue weighted by molar-refractivity contribution is -1.03. The van der Waals surface area contributed by atoms with E-state index in [9.17, 15) is 9.90 Å². The molecule has 0 aliphatic carbocycles. The molecule has 0 aromatic heterocycles. The Labute approximate surface area is 155 Å². The molecule has 0 spiro atoms. The Balaban J connectivity index is 0.00000208. The zero-order chi connectivity index (χ0) is 16.6. The number of ether oxygens (including phenoxy) is 1. The Kier molecular flexibility index (Phi) is 6.10. The molecule has 0 radical (unpaired) electrons. The number of fused-ring (bicyclic) bond motifs is 2. The van der Waals surface area contributed by atoms with Crippen LogP contribution in [0.2, 0.25) is 0 Å². The van der Waals surface area contributed by atoms with Crippen molar-refractivity contribution in [2.75, 3.05) is 13.7 Å². The van der Waals surface area contributed by atoms with Crippen LogP contribution in [0.5, 0.6) is 0 Å². The predicted molar refractivity (Wildman–Crippen MR) is 99.2 cm³/mol. The van der Waals surface area contributed by atoms with E-state index in [1.165, 1.54) is 6.42 Å². The van der Waals surface area contributed by atoms with Gasteiger partial charge in [0.15, 0.2) is 0 Å².